The summed E-state index contributed by atoms with van der Waals surface area (Å²) in [5.41, 5.74) is 3.07. The highest BCUT2D eigenvalue weighted by atomic mass is 32.2. The normalized spacial score (nSPS) is 21.9. The molecule has 0 radical (unpaired) electrons. The van der Waals surface area contributed by atoms with Gasteiger partial charge < -0.3 is 19.7 Å². The Kier molecular flexibility index (Phi) is 7.49. The van der Waals surface area contributed by atoms with E-state index < -0.39 is 10.0 Å². The van der Waals surface area contributed by atoms with Crippen LogP contribution in [0.15, 0.2) is 45.6 Å². The molecule has 2 N–H and O–H groups in total. The molecule has 3 heterocycles. The van der Waals surface area contributed by atoms with Crippen molar-refractivity contribution in [2.45, 2.75) is 51.4 Å². The summed E-state index contributed by atoms with van der Waals surface area (Å²) in [6.45, 7) is 11.3. The highest BCUT2D eigenvalue weighted by molar-refractivity contribution is 8.00. The molecule has 3 aliphatic rings. The molecule has 2 atom stereocenters. The lowest BCUT2D eigenvalue weighted by Crippen LogP contribution is -2.40. The van der Waals surface area contributed by atoms with Crippen LogP contribution in [0.5, 0.6) is 11.5 Å². The summed E-state index contributed by atoms with van der Waals surface area (Å²) >= 11 is 1.63. The number of amidine groups is 1. The van der Waals surface area contributed by atoms with E-state index in [-0.39, 0.29) is 24.0 Å². The van der Waals surface area contributed by atoms with Crippen molar-refractivity contribution in [1.29, 1.82) is 0 Å². The van der Waals surface area contributed by atoms with E-state index in [1.807, 2.05) is 39.1 Å². The molecule has 0 saturated carbocycles. The molecule has 186 valence electrons. The Morgan fingerprint density at radius 1 is 1.26 bits per heavy atom. The number of fused-ring (bicyclic) bond motifs is 2. The van der Waals surface area contributed by atoms with Gasteiger partial charge in [-0.2, -0.15) is 0 Å². The molecule has 4 rings (SSSR count). The van der Waals surface area contributed by atoms with E-state index in [0.717, 1.165) is 39.9 Å². The second kappa shape index (κ2) is 10.2. The third-order valence-electron chi connectivity index (χ3n) is 5.93. The van der Waals surface area contributed by atoms with Crippen molar-refractivity contribution in [3.63, 3.8) is 0 Å². The van der Waals surface area contributed by atoms with Crippen LogP contribution in [0.25, 0.3) is 0 Å². The van der Waals surface area contributed by atoms with E-state index in [1.165, 1.54) is 5.57 Å². The lowest BCUT2D eigenvalue weighted by atomic mass is 9.99. The standard InChI is InChI=1S/C24H34N4O4S2/c1-15(2)13-26-34(29,30)9-8-28-23-22(18(5)10-16(3)6-7-25-23)27-24(28)33-21-12-20-19(11-17(21)4)31-14-32-20/h6-7,11-12,15-16,24,26-27H,8-10,13-14H2,1-5H3. The largest absolute Gasteiger partial charge is 0.454 e. The first-order chi connectivity index (χ1) is 16.1. The maximum atomic E-state index is 12.7. The second-order valence-corrected chi connectivity index (χ2v) is 12.5. The van der Waals surface area contributed by atoms with Gasteiger partial charge in [0.15, 0.2) is 22.8 Å². The summed E-state index contributed by atoms with van der Waals surface area (Å²) in [5.74, 6) is 2.90. The number of allylic oxidation sites excluding steroid dienone is 2. The summed E-state index contributed by atoms with van der Waals surface area (Å²) in [4.78, 5) is 7.85. The highest BCUT2D eigenvalue weighted by Gasteiger charge is 2.36. The van der Waals surface area contributed by atoms with E-state index in [9.17, 15) is 8.42 Å². The smallest absolute Gasteiger partial charge is 0.231 e. The van der Waals surface area contributed by atoms with Crippen LogP contribution in [0.3, 0.4) is 0 Å². The quantitative estimate of drug-likeness (QED) is 0.554. The van der Waals surface area contributed by atoms with Crippen molar-refractivity contribution in [2.75, 3.05) is 25.6 Å². The van der Waals surface area contributed by atoms with Crippen LogP contribution < -0.4 is 19.5 Å². The molecule has 1 aromatic rings. The number of benzene rings is 1. The van der Waals surface area contributed by atoms with Crippen molar-refractivity contribution < 1.29 is 17.9 Å². The van der Waals surface area contributed by atoms with Gasteiger partial charge in [0.25, 0.3) is 0 Å². The number of ether oxygens (including phenoxy) is 2. The van der Waals surface area contributed by atoms with Crippen molar-refractivity contribution in [1.82, 2.24) is 14.9 Å². The number of rotatable bonds is 8. The number of nitrogens with one attached hydrogen (secondary N) is 2. The first-order valence-corrected chi connectivity index (χ1v) is 14.2. The Balaban J connectivity index is 1.62. The zero-order valence-corrected chi connectivity index (χ0v) is 22.1. The van der Waals surface area contributed by atoms with Crippen molar-refractivity contribution in [2.24, 2.45) is 16.8 Å². The molecule has 1 saturated heterocycles. The van der Waals surface area contributed by atoms with E-state index in [0.29, 0.717) is 19.0 Å². The Morgan fingerprint density at radius 2 is 2.00 bits per heavy atom. The average Bonchev–Trinajstić information content (AvgIpc) is 3.34. The minimum Gasteiger partial charge on any atom is -0.454 e. The Hall–Kier alpha value is -2.17. The topological polar surface area (TPSA) is 92.3 Å². The lowest BCUT2D eigenvalue weighted by Gasteiger charge is -2.25. The fraction of sp³-hybridized carbons (Fsp3) is 0.542. The predicted molar refractivity (Wildman–Crippen MR) is 136 cm³/mol. The molecule has 3 aliphatic heterocycles. The zero-order valence-electron chi connectivity index (χ0n) is 20.4. The van der Waals surface area contributed by atoms with Crippen molar-refractivity contribution in [3.8, 4) is 11.5 Å². The fourth-order valence-corrected chi connectivity index (χ4v) is 6.40. The highest BCUT2D eigenvalue weighted by Crippen LogP contribution is 2.41. The Labute approximate surface area is 206 Å². The third-order valence-corrected chi connectivity index (χ3v) is 8.55. The summed E-state index contributed by atoms with van der Waals surface area (Å²) < 4.78 is 39.1. The molecule has 34 heavy (non-hydrogen) atoms. The predicted octanol–water partition coefficient (Wildman–Crippen LogP) is 3.81. The van der Waals surface area contributed by atoms with Gasteiger partial charge in [-0.05, 0) is 55.4 Å². The molecule has 8 nitrogen and oxygen atoms in total. The van der Waals surface area contributed by atoms with Crippen molar-refractivity contribution >= 4 is 27.6 Å². The van der Waals surface area contributed by atoms with Crippen LogP contribution in [0.2, 0.25) is 0 Å². The van der Waals surface area contributed by atoms with Gasteiger partial charge >= 0.3 is 0 Å². The van der Waals surface area contributed by atoms with Gasteiger partial charge in [-0.15, -0.1) is 0 Å². The Morgan fingerprint density at radius 3 is 2.74 bits per heavy atom. The first-order valence-electron chi connectivity index (χ1n) is 11.6. The second-order valence-electron chi connectivity index (χ2n) is 9.47. The molecular formula is C24H34N4O4S2. The van der Waals surface area contributed by atoms with E-state index >= 15 is 0 Å². The average molecular weight is 507 g/mol. The van der Waals surface area contributed by atoms with Gasteiger partial charge in [0, 0.05) is 24.2 Å². The van der Waals surface area contributed by atoms with Gasteiger partial charge in [0.1, 0.15) is 0 Å². The van der Waals surface area contributed by atoms with Crippen LogP contribution in [-0.2, 0) is 10.0 Å². The molecule has 0 spiro atoms. The minimum absolute atomic E-state index is 0.00988. The molecule has 0 bridgehead atoms. The molecule has 10 heteroatoms. The number of sulfonamides is 1. The maximum absolute atomic E-state index is 12.7. The first kappa shape index (κ1) is 24.9. The molecule has 1 fully saturated rings. The number of thioether (sulfide) groups is 1. The molecule has 0 aromatic heterocycles. The van der Waals surface area contributed by atoms with E-state index in [1.54, 1.807) is 11.8 Å². The van der Waals surface area contributed by atoms with Gasteiger partial charge in [-0.25, -0.2) is 18.1 Å². The van der Waals surface area contributed by atoms with Crippen LogP contribution in [0.1, 0.15) is 39.7 Å². The molecule has 0 aliphatic carbocycles. The van der Waals surface area contributed by atoms with Gasteiger partial charge in [0.2, 0.25) is 16.8 Å². The van der Waals surface area contributed by atoms with Crippen LogP contribution >= 0.6 is 11.8 Å². The summed E-state index contributed by atoms with van der Waals surface area (Å²) in [5, 5.41) is 3.63. The summed E-state index contributed by atoms with van der Waals surface area (Å²) in [6, 6.07) is 3.98. The molecule has 1 aromatic carbocycles. The number of hydrogen-bond acceptors (Lipinski definition) is 8. The summed E-state index contributed by atoms with van der Waals surface area (Å²) in [7, 11) is -3.41. The number of nitrogens with zero attached hydrogens (tertiary/aromatic N) is 2. The lowest BCUT2D eigenvalue weighted by molar-refractivity contribution is 0.174. The third kappa shape index (κ3) is 5.72. The number of aryl methyl sites for hydroxylation is 1. The van der Waals surface area contributed by atoms with Gasteiger partial charge in [-0.3, -0.25) is 0 Å². The van der Waals surface area contributed by atoms with Crippen LogP contribution in [0.4, 0.5) is 0 Å². The minimum atomic E-state index is -3.41. The van der Waals surface area contributed by atoms with Crippen LogP contribution in [0, 0.1) is 18.8 Å². The van der Waals surface area contributed by atoms with Gasteiger partial charge in [0.05, 0.1) is 11.4 Å². The number of hydrogen-bond donors (Lipinski definition) is 2. The SMILES string of the molecule is CC1=C2NC(Sc3cc4c(cc3C)OCO4)N(CCS(=O)(=O)NCC(C)C)C2=NC=CC(C)C1. The fourth-order valence-electron chi connectivity index (χ4n) is 4.06. The van der Waals surface area contributed by atoms with Crippen molar-refractivity contribution in [3.05, 3.63) is 41.2 Å². The Bertz CT molecular complexity index is 1130. The van der Waals surface area contributed by atoms with E-state index in [2.05, 4.69) is 34.9 Å². The molecule has 0 amide bonds. The van der Waals surface area contributed by atoms with Gasteiger partial charge in [-0.1, -0.05) is 38.6 Å². The molecule has 2 unspecified atom stereocenters. The zero-order chi connectivity index (χ0) is 24.5. The monoisotopic (exact) mass is 506 g/mol. The number of aliphatic imine (C=N–C) groups is 1. The molecular weight excluding hydrogens is 472 g/mol. The maximum Gasteiger partial charge on any atom is 0.231 e. The van der Waals surface area contributed by atoms with Crippen LogP contribution in [-0.4, -0.2) is 50.3 Å². The van der Waals surface area contributed by atoms with E-state index in [4.69, 9.17) is 14.5 Å². The summed E-state index contributed by atoms with van der Waals surface area (Å²) in [6.07, 6.45) is 4.85.